The van der Waals surface area contributed by atoms with E-state index >= 15 is 0 Å². The van der Waals surface area contributed by atoms with Gasteiger partial charge in [0.2, 0.25) is 0 Å². The molecule has 0 fully saturated rings. The zero-order valence-corrected chi connectivity index (χ0v) is 13.6. The lowest BCUT2D eigenvalue weighted by Gasteiger charge is -2.06. The Hall–Kier alpha value is -1.62. The van der Waals surface area contributed by atoms with E-state index in [1.165, 1.54) is 6.42 Å². The molecular formula is C16H20BrN3O. The van der Waals surface area contributed by atoms with Crippen LogP contribution in [0.25, 0.3) is 0 Å². The molecule has 21 heavy (non-hydrogen) atoms. The molecule has 0 aliphatic heterocycles. The molecule has 1 aromatic heterocycles. The summed E-state index contributed by atoms with van der Waals surface area (Å²) in [7, 11) is 0. The summed E-state index contributed by atoms with van der Waals surface area (Å²) < 4.78 is 3.08. The second kappa shape index (κ2) is 8.62. The van der Waals surface area contributed by atoms with Crippen molar-refractivity contribution in [2.75, 3.05) is 6.54 Å². The van der Waals surface area contributed by atoms with E-state index in [-0.39, 0.29) is 5.91 Å². The van der Waals surface area contributed by atoms with Crippen LogP contribution in [0.2, 0.25) is 0 Å². The van der Waals surface area contributed by atoms with E-state index in [2.05, 4.69) is 30.8 Å². The number of nitrogens with one attached hydrogen (secondary N) is 1. The highest BCUT2D eigenvalue weighted by molar-refractivity contribution is 9.10. The minimum absolute atomic E-state index is 0.000848. The zero-order valence-electron chi connectivity index (χ0n) is 12.0. The summed E-state index contributed by atoms with van der Waals surface area (Å²) in [5, 5.41) is 2.95. The average molecular weight is 350 g/mol. The molecule has 1 aromatic carbocycles. The Bertz CT molecular complexity index is 537. The number of benzene rings is 1. The van der Waals surface area contributed by atoms with Crippen molar-refractivity contribution in [2.24, 2.45) is 0 Å². The molecule has 0 atom stereocenters. The molecule has 4 nitrogen and oxygen atoms in total. The number of unbranched alkanes of at least 4 members (excludes halogenated alkanes) is 3. The topological polar surface area (TPSA) is 46.9 Å². The van der Waals surface area contributed by atoms with Crippen LogP contribution in [-0.4, -0.2) is 22.0 Å². The number of hydrogen-bond donors (Lipinski definition) is 1. The number of aryl methyl sites for hydroxylation is 1. The molecule has 5 heteroatoms. The minimum atomic E-state index is 0.000848. The molecule has 1 N–H and O–H groups in total. The van der Waals surface area contributed by atoms with Gasteiger partial charge in [-0.25, -0.2) is 4.98 Å². The molecular weight excluding hydrogens is 330 g/mol. The fourth-order valence-electron chi connectivity index (χ4n) is 2.10. The third kappa shape index (κ3) is 5.71. The number of aromatic nitrogens is 2. The van der Waals surface area contributed by atoms with E-state index < -0.39 is 0 Å². The van der Waals surface area contributed by atoms with Crippen molar-refractivity contribution in [1.29, 1.82) is 0 Å². The van der Waals surface area contributed by atoms with E-state index in [0.717, 1.165) is 36.8 Å². The van der Waals surface area contributed by atoms with Crippen molar-refractivity contribution in [3.05, 3.63) is 53.0 Å². The molecule has 0 spiro atoms. The molecule has 0 aliphatic rings. The molecule has 1 amide bonds. The summed E-state index contributed by atoms with van der Waals surface area (Å²) in [6, 6.07) is 7.41. The Balaban J connectivity index is 1.53. The number of carbonyl (C=O) groups excluding carboxylic acids is 1. The van der Waals surface area contributed by atoms with Gasteiger partial charge < -0.3 is 9.88 Å². The fourth-order valence-corrected chi connectivity index (χ4v) is 2.36. The first-order valence-electron chi connectivity index (χ1n) is 7.25. The van der Waals surface area contributed by atoms with E-state index in [1.807, 2.05) is 36.8 Å². The maximum atomic E-state index is 11.9. The lowest BCUT2D eigenvalue weighted by atomic mass is 10.2. The molecule has 0 unspecified atom stereocenters. The quantitative estimate of drug-likeness (QED) is 0.739. The van der Waals surface area contributed by atoms with Crippen LogP contribution in [0.4, 0.5) is 0 Å². The average Bonchev–Trinajstić information content (AvgIpc) is 3.00. The van der Waals surface area contributed by atoms with E-state index in [0.29, 0.717) is 5.56 Å². The van der Waals surface area contributed by atoms with Gasteiger partial charge in [-0.2, -0.15) is 0 Å². The molecule has 0 saturated carbocycles. The van der Waals surface area contributed by atoms with Crippen LogP contribution in [0, 0.1) is 0 Å². The molecule has 2 rings (SSSR count). The number of hydrogen-bond acceptors (Lipinski definition) is 2. The van der Waals surface area contributed by atoms with Crippen LogP contribution in [0.5, 0.6) is 0 Å². The summed E-state index contributed by atoms with van der Waals surface area (Å²) in [6.45, 7) is 1.76. The predicted octanol–water partition coefficient (Wildman–Crippen LogP) is 3.64. The van der Waals surface area contributed by atoms with Crippen LogP contribution in [0.3, 0.4) is 0 Å². The van der Waals surface area contributed by atoms with Gasteiger partial charge in [0.25, 0.3) is 5.91 Å². The molecule has 1 heterocycles. The van der Waals surface area contributed by atoms with Gasteiger partial charge in [0, 0.05) is 35.5 Å². The van der Waals surface area contributed by atoms with E-state index in [1.54, 1.807) is 6.20 Å². The van der Waals surface area contributed by atoms with Gasteiger partial charge in [-0.15, -0.1) is 0 Å². The number of rotatable bonds is 8. The van der Waals surface area contributed by atoms with Crippen LogP contribution >= 0.6 is 15.9 Å². The van der Waals surface area contributed by atoms with Crippen molar-refractivity contribution in [1.82, 2.24) is 14.9 Å². The van der Waals surface area contributed by atoms with Crippen molar-refractivity contribution >= 4 is 21.8 Å². The van der Waals surface area contributed by atoms with Gasteiger partial charge in [0.15, 0.2) is 0 Å². The van der Waals surface area contributed by atoms with Crippen molar-refractivity contribution in [3.63, 3.8) is 0 Å². The molecule has 0 saturated heterocycles. The molecule has 0 aliphatic carbocycles. The van der Waals surface area contributed by atoms with E-state index in [9.17, 15) is 4.79 Å². The van der Waals surface area contributed by atoms with Gasteiger partial charge >= 0.3 is 0 Å². The monoisotopic (exact) mass is 349 g/mol. The molecule has 0 bridgehead atoms. The number of nitrogens with zero attached hydrogens (tertiary/aromatic N) is 2. The van der Waals surface area contributed by atoms with Gasteiger partial charge in [0.05, 0.1) is 6.33 Å². The molecule has 0 radical (unpaired) electrons. The number of imidazole rings is 1. The van der Waals surface area contributed by atoms with E-state index in [4.69, 9.17) is 0 Å². The zero-order chi connectivity index (χ0) is 14.9. The van der Waals surface area contributed by atoms with Crippen molar-refractivity contribution < 1.29 is 4.79 Å². The smallest absolute Gasteiger partial charge is 0.251 e. The van der Waals surface area contributed by atoms with Gasteiger partial charge in [-0.1, -0.05) is 28.8 Å². The molecule has 112 valence electrons. The molecule has 2 aromatic rings. The van der Waals surface area contributed by atoms with Gasteiger partial charge in [0.1, 0.15) is 0 Å². The maximum Gasteiger partial charge on any atom is 0.251 e. The summed E-state index contributed by atoms with van der Waals surface area (Å²) in [4.78, 5) is 15.9. The number of amides is 1. The lowest BCUT2D eigenvalue weighted by molar-refractivity contribution is 0.0953. The SMILES string of the molecule is O=C(NCCCCCCn1ccnc1)c1ccc(Br)cc1. The Morgan fingerprint density at radius 3 is 2.62 bits per heavy atom. The standard InChI is InChI=1S/C16H20BrN3O/c17-15-7-5-14(6-8-15)16(21)19-9-3-1-2-4-11-20-12-10-18-13-20/h5-8,10,12-13H,1-4,9,11H2,(H,19,21). The largest absolute Gasteiger partial charge is 0.352 e. The third-order valence-corrected chi connectivity index (χ3v) is 3.82. The Morgan fingerprint density at radius 2 is 1.90 bits per heavy atom. The van der Waals surface area contributed by atoms with Crippen LogP contribution < -0.4 is 5.32 Å². The second-order valence-electron chi connectivity index (χ2n) is 4.98. The second-order valence-corrected chi connectivity index (χ2v) is 5.89. The number of carbonyl (C=O) groups is 1. The normalized spacial score (nSPS) is 10.5. The minimum Gasteiger partial charge on any atom is -0.352 e. The first-order chi connectivity index (χ1) is 10.3. The maximum absolute atomic E-state index is 11.9. The fraction of sp³-hybridized carbons (Fsp3) is 0.375. The van der Waals surface area contributed by atoms with Crippen LogP contribution in [-0.2, 0) is 6.54 Å². The summed E-state index contributed by atoms with van der Waals surface area (Å²) in [5.41, 5.74) is 0.707. The highest BCUT2D eigenvalue weighted by Crippen LogP contribution is 2.10. The first kappa shape index (κ1) is 15.8. The highest BCUT2D eigenvalue weighted by atomic mass is 79.9. The Labute approximate surface area is 133 Å². The van der Waals surface area contributed by atoms with Crippen molar-refractivity contribution in [2.45, 2.75) is 32.2 Å². The van der Waals surface area contributed by atoms with Gasteiger partial charge in [-0.05, 0) is 37.1 Å². The Kier molecular flexibility index (Phi) is 6.47. The summed E-state index contributed by atoms with van der Waals surface area (Å²) in [5.74, 6) is 0.000848. The summed E-state index contributed by atoms with van der Waals surface area (Å²) >= 11 is 3.36. The van der Waals surface area contributed by atoms with Gasteiger partial charge in [-0.3, -0.25) is 4.79 Å². The summed E-state index contributed by atoms with van der Waals surface area (Å²) in [6.07, 6.45) is 10.1. The lowest BCUT2D eigenvalue weighted by Crippen LogP contribution is -2.24. The highest BCUT2D eigenvalue weighted by Gasteiger charge is 2.03. The third-order valence-electron chi connectivity index (χ3n) is 3.29. The van der Waals surface area contributed by atoms with Crippen LogP contribution in [0.1, 0.15) is 36.0 Å². The van der Waals surface area contributed by atoms with Crippen LogP contribution in [0.15, 0.2) is 47.5 Å². The predicted molar refractivity (Wildman–Crippen MR) is 87.2 cm³/mol. The number of halogens is 1. The first-order valence-corrected chi connectivity index (χ1v) is 8.04. The Morgan fingerprint density at radius 1 is 1.14 bits per heavy atom. The van der Waals surface area contributed by atoms with Crippen molar-refractivity contribution in [3.8, 4) is 0 Å².